The van der Waals surface area contributed by atoms with Gasteiger partial charge in [0.25, 0.3) is 5.91 Å². The number of hydrogen-bond donors (Lipinski definition) is 2. The number of rotatable bonds is 2. The fourth-order valence-electron chi connectivity index (χ4n) is 3.68. The molecular weight excluding hydrogens is 240 g/mol. The third-order valence-corrected chi connectivity index (χ3v) is 5.03. The summed E-state index contributed by atoms with van der Waals surface area (Å²) in [7, 11) is 0. The van der Waals surface area contributed by atoms with Gasteiger partial charge in [0.05, 0.1) is 0 Å². The van der Waals surface area contributed by atoms with Crippen molar-refractivity contribution in [2.24, 2.45) is 17.6 Å². The van der Waals surface area contributed by atoms with Crippen LogP contribution in [-0.2, 0) is 0 Å². The number of hydrogen-bond acceptors (Lipinski definition) is 3. The summed E-state index contributed by atoms with van der Waals surface area (Å²) in [4.78, 5) is 14.4. The van der Waals surface area contributed by atoms with Gasteiger partial charge in [0.15, 0.2) is 0 Å². The molecule has 3 unspecified atom stereocenters. The molecule has 0 radical (unpaired) electrons. The van der Waals surface area contributed by atoms with Gasteiger partial charge in [0.2, 0.25) is 0 Å². The maximum absolute atomic E-state index is 12.4. The van der Waals surface area contributed by atoms with Gasteiger partial charge in [-0.3, -0.25) is 9.89 Å². The Bertz CT molecular complexity index is 507. The molecule has 0 aromatic carbocycles. The maximum Gasteiger partial charge on any atom is 0.274 e. The van der Waals surface area contributed by atoms with Crippen molar-refractivity contribution in [2.45, 2.75) is 37.6 Å². The number of carbonyl (C=O) groups excluding carboxylic acids is 1. The third kappa shape index (κ3) is 1.87. The summed E-state index contributed by atoms with van der Waals surface area (Å²) in [5.74, 6) is 1.80. The van der Waals surface area contributed by atoms with Crippen molar-refractivity contribution >= 4 is 5.91 Å². The molecule has 1 aromatic heterocycles. The van der Waals surface area contributed by atoms with Crippen molar-refractivity contribution in [1.82, 2.24) is 15.1 Å². The predicted octanol–water partition coefficient (Wildman–Crippen LogP) is 1.10. The summed E-state index contributed by atoms with van der Waals surface area (Å²) in [5.41, 5.74) is 7.82. The minimum atomic E-state index is 0.0738. The molecule has 3 aliphatic rings. The monoisotopic (exact) mass is 260 g/mol. The Hall–Kier alpha value is -1.36. The van der Waals surface area contributed by atoms with Crippen molar-refractivity contribution in [3.05, 3.63) is 17.5 Å². The quantitative estimate of drug-likeness (QED) is 0.836. The topological polar surface area (TPSA) is 75.0 Å². The molecule has 1 aromatic rings. The van der Waals surface area contributed by atoms with Gasteiger partial charge in [-0.15, -0.1) is 0 Å². The van der Waals surface area contributed by atoms with Gasteiger partial charge >= 0.3 is 0 Å². The SMILES string of the molecule is NC1CCC2CN(C(=O)c3cc(C4CC4)[nH]n3)CC12. The summed E-state index contributed by atoms with van der Waals surface area (Å²) in [6.45, 7) is 1.68. The lowest BCUT2D eigenvalue weighted by molar-refractivity contribution is 0.0773. The van der Waals surface area contributed by atoms with Gasteiger partial charge in [-0.1, -0.05) is 0 Å². The summed E-state index contributed by atoms with van der Waals surface area (Å²) in [5, 5.41) is 7.20. The smallest absolute Gasteiger partial charge is 0.274 e. The summed E-state index contributed by atoms with van der Waals surface area (Å²) in [6.07, 6.45) is 4.73. The van der Waals surface area contributed by atoms with Gasteiger partial charge in [0, 0.05) is 30.7 Å². The fraction of sp³-hybridized carbons (Fsp3) is 0.714. The molecule has 3 N–H and O–H groups in total. The molecule has 5 nitrogen and oxygen atoms in total. The number of fused-ring (bicyclic) bond motifs is 1. The van der Waals surface area contributed by atoms with Crippen LogP contribution in [0, 0.1) is 11.8 Å². The van der Waals surface area contributed by atoms with E-state index in [9.17, 15) is 4.79 Å². The van der Waals surface area contributed by atoms with Crippen molar-refractivity contribution in [2.75, 3.05) is 13.1 Å². The standard InChI is InChI=1S/C14H20N4O/c15-11-4-3-9-6-18(7-10(9)11)14(19)13-5-12(16-17-13)8-1-2-8/h5,8-11H,1-4,6-7,15H2,(H,16,17). The first-order valence-electron chi connectivity index (χ1n) is 7.32. The summed E-state index contributed by atoms with van der Waals surface area (Å²) < 4.78 is 0. The molecule has 0 spiro atoms. The van der Waals surface area contributed by atoms with Crippen LogP contribution in [0.5, 0.6) is 0 Å². The zero-order valence-corrected chi connectivity index (χ0v) is 11.0. The molecule has 2 saturated carbocycles. The number of aromatic amines is 1. The lowest BCUT2D eigenvalue weighted by Crippen LogP contribution is -2.33. The molecule has 102 valence electrons. The zero-order chi connectivity index (χ0) is 13.0. The van der Waals surface area contributed by atoms with Crippen LogP contribution in [0.4, 0.5) is 0 Å². The predicted molar refractivity (Wildman–Crippen MR) is 70.7 cm³/mol. The number of nitrogens with two attached hydrogens (primary N) is 1. The average molecular weight is 260 g/mol. The van der Waals surface area contributed by atoms with Gasteiger partial charge in [-0.25, -0.2) is 0 Å². The van der Waals surface area contributed by atoms with E-state index in [0.717, 1.165) is 25.2 Å². The summed E-state index contributed by atoms with van der Waals surface area (Å²) in [6, 6.07) is 2.22. The van der Waals surface area contributed by atoms with Crippen LogP contribution in [0.2, 0.25) is 0 Å². The van der Waals surface area contributed by atoms with Crippen molar-refractivity contribution in [3.8, 4) is 0 Å². The minimum Gasteiger partial charge on any atom is -0.337 e. The van der Waals surface area contributed by atoms with Crippen LogP contribution in [0.25, 0.3) is 0 Å². The molecule has 0 bridgehead atoms. The number of aromatic nitrogens is 2. The van der Waals surface area contributed by atoms with Crippen LogP contribution in [-0.4, -0.2) is 40.1 Å². The second-order valence-corrected chi connectivity index (χ2v) is 6.36. The van der Waals surface area contributed by atoms with E-state index >= 15 is 0 Å². The number of H-pyrrole nitrogens is 1. The molecule has 4 rings (SSSR count). The lowest BCUT2D eigenvalue weighted by Gasteiger charge is -2.17. The van der Waals surface area contributed by atoms with E-state index in [1.54, 1.807) is 0 Å². The van der Waals surface area contributed by atoms with Crippen molar-refractivity contribution in [3.63, 3.8) is 0 Å². The van der Waals surface area contributed by atoms with Gasteiger partial charge in [-0.05, 0) is 43.6 Å². The molecular formula is C14H20N4O. The number of carbonyl (C=O) groups is 1. The molecule has 19 heavy (non-hydrogen) atoms. The fourth-order valence-corrected chi connectivity index (χ4v) is 3.68. The lowest BCUT2D eigenvalue weighted by atomic mass is 9.98. The average Bonchev–Trinajstić information content (AvgIpc) is 2.88. The molecule has 3 atom stereocenters. The van der Waals surface area contributed by atoms with Crippen LogP contribution in [0.3, 0.4) is 0 Å². The van der Waals surface area contributed by atoms with E-state index in [1.807, 2.05) is 11.0 Å². The van der Waals surface area contributed by atoms with E-state index in [-0.39, 0.29) is 11.9 Å². The molecule has 1 aliphatic heterocycles. The highest BCUT2D eigenvalue weighted by atomic mass is 16.2. The van der Waals surface area contributed by atoms with E-state index < -0.39 is 0 Å². The molecule has 2 heterocycles. The number of amides is 1. The Balaban J connectivity index is 1.48. The first-order chi connectivity index (χ1) is 9.22. The van der Waals surface area contributed by atoms with Crippen molar-refractivity contribution < 1.29 is 4.79 Å². The Morgan fingerprint density at radius 2 is 2.16 bits per heavy atom. The van der Waals surface area contributed by atoms with Crippen LogP contribution < -0.4 is 5.73 Å². The largest absolute Gasteiger partial charge is 0.337 e. The Labute approximate surface area is 112 Å². The minimum absolute atomic E-state index is 0.0738. The van der Waals surface area contributed by atoms with Gasteiger partial charge in [-0.2, -0.15) is 5.10 Å². The Morgan fingerprint density at radius 1 is 1.32 bits per heavy atom. The highest BCUT2D eigenvalue weighted by Crippen LogP contribution is 2.40. The first-order valence-corrected chi connectivity index (χ1v) is 7.32. The second kappa shape index (κ2) is 4.07. The number of nitrogens with one attached hydrogen (secondary N) is 1. The van der Waals surface area contributed by atoms with E-state index in [1.165, 1.54) is 19.3 Å². The maximum atomic E-state index is 12.4. The normalized spacial score (nSPS) is 33.7. The third-order valence-electron chi connectivity index (χ3n) is 5.03. The first kappa shape index (κ1) is 11.5. The van der Waals surface area contributed by atoms with Gasteiger partial charge in [0.1, 0.15) is 5.69 Å². The zero-order valence-electron chi connectivity index (χ0n) is 11.0. The van der Waals surface area contributed by atoms with E-state index in [0.29, 0.717) is 23.4 Å². The molecule has 1 saturated heterocycles. The Kier molecular flexibility index (Phi) is 2.45. The van der Waals surface area contributed by atoms with Gasteiger partial charge < -0.3 is 10.6 Å². The highest BCUT2D eigenvalue weighted by molar-refractivity contribution is 5.92. The molecule has 1 amide bonds. The van der Waals surface area contributed by atoms with Crippen LogP contribution in [0.15, 0.2) is 6.07 Å². The summed E-state index contributed by atoms with van der Waals surface area (Å²) >= 11 is 0. The molecule has 3 fully saturated rings. The van der Waals surface area contributed by atoms with E-state index in [2.05, 4.69) is 10.2 Å². The number of nitrogens with zero attached hydrogens (tertiary/aromatic N) is 2. The van der Waals surface area contributed by atoms with Crippen LogP contribution in [0.1, 0.15) is 47.8 Å². The Morgan fingerprint density at radius 3 is 2.89 bits per heavy atom. The highest BCUT2D eigenvalue weighted by Gasteiger charge is 2.43. The van der Waals surface area contributed by atoms with Crippen LogP contribution >= 0.6 is 0 Å². The van der Waals surface area contributed by atoms with E-state index in [4.69, 9.17) is 5.73 Å². The molecule has 5 heteroatoms. The van der Waals surface area contributed by atoms with Crippen molar-refractivity contribution in [1.29, 1.82) is 0 Å². The second-order valence-electron chi connectivity index (χ2n) is 6.36. The number of likely N-dealkylation sites (tertiary alicyclic amines) is 1. The molecule has 2 aliphatic carbocycles.